The molecule has 0 spiro atoms. The lowest BCUT2D eigenvalue weighted by Gasteiger charge is -2.12. The van der Waals surface area contributed by atoms with E-state index in [4.69, 9.17) is 0 Å². The summed E-state index contributed by atoms with van der Waals surface area (Å²) in [6, 6.07) is 9.89. The number of rotatable bonds is 2. The molecule has 4 rings (SSSR count). The second kappa shape index (κ2) is 5.91. The molecule has 0 radical (unpaired) electrons. The van der Waals surface area contributed by atoms with E-state index in [9.17, 15) is 18.0 Å². The maximum atomic E-state index is 14.7. The summed E-state index contributed by atoms with van der Waals surface area (Å²) in [5.41, 5.74) is 0.526. The molecule has 130 valence electrons. The number of fused-ring (bicyclic) bond motifs is 1. The first-order valence-corrected chi connectivity index (χ1v) is 7.90. The molecule has 6 heteroatoms. The molecular formula is C20H13F3N2O. The standard InChI is InChI=1S/C20H13F3N2O/c1-11-19(24-17-9-12(21)8-16(23)18(17)20(11)26)14-5-4-13(10-15(14)22)25-6-2-3-7-25/h2-10H,1H3,(H,24,26). The van der Waals surface area contributed by atoms with Gasteiger partial charge in [-0.2, -0.15) is 0 Å². The number of nitrogens with one attached hydrogen (secondary N) is 1. The Balaban J connectivity index is 1.95. The Kier molecular flexibility index (Phi) is 3.68. The summed E-state index contributed by atoms with van der Waals surface area (Å²) in [6.07, 6.45) is 3.56. The predicted octanol–water partition coefficient (Wildman–Crippen LogP) is 4.71. The van der Waals surface area contributed by atoms with E-state index >= 15 is 0 Å². The van der Waals surface area contributed by atoms with Gasteiger partial charge in [0, 0.05) is 35.3 Å². The van der Waals surface area contributed by atoms with Gasteiger partial charge in [0.05, 0.1) is 16.6 Å². The van der Waals surface area contributed by atoms with Gasteiger partial charge in [-0.15, -0.1) is 0 Å². The summed E-state index contributed by atoms with van der Waals surface area (Å²) < 4.78 is 43.9. The van der Waals surface area contributed by atoms with Crippen LogP contribution in [-0.4, -0.2) is 9.55 Å². The van der Waals surface area contributed by atoms with Gasteiger partial charge in [0.2, 0.25) is 0 Å². The van der Waals surface area contributed by atoms with E-state index in [0.29, 0.717) is 11.8 Å². The lowest BCUT2D eigenvalue weighted by atomic mass is 10.0. The van der Waals surface area contributed by atoms with Gasteiger partial charge in [-0.05, 0) is 43.3 Å². The lowest BCUT2D eigenvalue weighted by molar-refractivity contribution is 0.591. The van der Waals surface area contributed by atoms with Gasteiger partial charge in [0.15, 0.2) is 5.43 Å². The monoisotopic (exact) mass is 354 g/mol. The number of aromatic nitrogens is 2. The molecule has 0 atom stereocenters. The Morgan fingerprint density at radius 2 is 1.69 bits per heavy atom. The fourth-order valence-electron chi connectivity index (χ4n) is 3.08. The van der Waals surface area contributed by atoms with Crippen molar-refractivity contribution in [2.75, 3.05) is 0 Å². The van der Waals surface area contributed by atoms with Crippen LogP contribution in [0, 0.1) is 24.4 Å². The SMILES string of the molecule is Cc1c(-c2ccc(-n3cccc3)cc2F)[nH]c2cc(F)cc(F)c2c1=O. The van der Waals surface area contributed by atoms with Crippen LogP contribution in [-0.2, 0) is 0 Å². The zero-order chi connectivity index (χ0) is 18.4. The molecule has 2 heterocycles. The molecule has 3 nitrogen and oxygen atoms in total. The quantitative estimate of drug-likeness (QED) is 0.556. The average molecular weight is 354 g/mol. The van der Waals surface area contributed by atoms with E-state index < -0.39 is 22.9 Å². The number of nitrogens with zero attached hydrogens (tertiary/aromatic N) is 1. The summed E-state index contributed by atoms with van der Waals surface area (Å²) in [4.78, 5) is 15.3. The topological polar surface area (TPSA) is 37.8 Å². The lowest BCUT2D eigenvalue weighted by Crippen LogP contribution is -2.12. The highest BCUT2D eigenvalue weighted by molar-refractivity contribution is 5.84. The molecule has 26 heavy (non-hydrogen) atoms. The van der Waals surface area contributed by atoms with E-state index in [-0.39, 0.29) is 27.7 Å². The van der Waals surface area contributed by atoms with Gasteiger partial charge in [-0.3, -0.25) is 4.79 Å². The summed E-state index contributed by atoms with van der Waals surface area (Å²) in [7, 11) is 0. The van der Waals surface area contributed by atoms with E-state index in [0.717, 1.165) is 6.07 Å². The Labute approximate surface area is 146 Å². The van der Waals surface area contributed by atoms with Gasteiger partial charge in [-0.25, -0.2) is 13.2 Å². The first-order valence-electron chi connectivity index (χ1n) is 7.90. The molecular weight excluding hydrogens is 341 g/mol. The summed E-state index contributed by atoms with van der Waals surface area (Å²) in [5.74, 6) is -2.31. The minimum absolute atomic E-state index is 0.0120. The highest BCUT2D eigenvalue weighted by atomic mass is 19.1. The summed E-state index contributed by atoms with van der Waals surface area (Å²) in [5, 5.41) is -0.239. The Bertz CT molecular complexity index is 1190. The predicted molar refractivity (Wildman–Crippen MR) is 93.9 cm³/mol. The highest BCUT2D eigenvalue weighted by Crippen LogP contribution is 2.27. The Morgan fingerprint density at radius 3 is 2.38 bits per heavy atom. The van der Waals surface area contributed by atoms with Crippen molar-refractivity contribution in [2.45, 2.75) is 6.92 Å². The van der Waals surface area contributed by atoms with Crippen molar-refractivity contribution in [1.29, 1.82) is 0 Å². The Morgan fingerprint density at radius 1 is 0.962 bits per heavy atom. The zero-order valence-electron chi connectivity index (χ0n) is 13.7. The molecule has 1 N–H and O–H groups in total. The van der Waals surface area contributed by atoms with Gasteiger partial charge >= 0.3 is 0 Å². The van der Waals surface area contributed by atoms with Crippen LogP contribution < -0.4 is 5.43 Å². The van der Waals surface area contributed by atoms with Crippen molar-refractivity contribution in [3.05, 3.63) is 88.1 Å². The third-order valence-corrected chi connectivity index (χ3v) is 4.38. The van der Waals surface area contributed by atoms with Crippen molar-refractivity contribution >= 4 is 10.9 Å². The number of pyridine rings is 1. The first kappa shape index (κ1) is 16.2. The largest absolute Gasteiger partial charge is 0.354 e. The molecule has 4 aromatic rings. The molecule has 0 amide bonds. The van der Waals surface area contributed by atoms with Gasteiger partial charge in [-0.1, -0.05) is 0 Å². The minimum Gasteiger partial charge on any atom is -0.354 e. The number of hydrogen-bond acceptors (Lipinski definition) is 1. The second-order valence-corrected chi connectivity index (χ2v) is 6.02. The van der Waals surface area contributed by atoms with E-state index in [1.165, 1.54) is 19.1 Å². The minimum atomic E-state index is -0.945. The van der Waals surface area contributed by atoms with Gasteiger partial charge in [0.1, 0.15) is 17.5 Å². The van der Waals surface area contributed by atoms with Crippen LogP contribution in [0.25, 0.3) is 27.8 Å². The van der Waals surface area contributed by atoms with Crippen LogP contribution in [0.3, 0.4) is 0 Å². The van der Waals surface area contributed by atoms with E-state index in [2.05, 4.69) is 4.98 Å². The smallest absolute Gasteiger partial charge is 0.195 e. The van der Waals surface area contributed by atoms with Crippen LogP contribution in [0.2, 0.25) is 0 Å². The number of halogens is 3. The fourth-order valence-corrected chi connectivity index (χ4v) is 3.08. The van der Waals surface area contributed by atoms with Crippen molar-refractivity contribution in [1.82, 2.24) is 9.55 Å². The molecule has 0 aliphatic carbocycles. The number of H-pyrrole nitrogens is 1. The van der Waals surface area contributed by atoms with Crippen molar-refractivity contribution in [3.8, 4) is 16.9 Å². The number of hydrogen-bond donors (Lipinski definition) is 1. The molecule has 0 unspecified atom stereocenters. The summed E-state index contributed by atoms with van der Waals surface area (Å²) in [6.45, 7) is 1.48. The maximum Gasteiger partial charge on any atom is 0.195 e. The van der Waals surface area contributed by atoms with Crippen LogP contribution >= 0.6 is 0 Å². The number of benzene rings is 2. The van der Waals surface area contributed by atoms with E-state index in [1.807, 2.05) is 12.1 Å². The third kappa shape index (κ3) is 2.50. The van der Waals surface area contributed by atoms with Crippen molar-refractivity contribution in [3.63, 3.8) is 0 Å². The third-order valence-electron chi connectivity index (χ3n) is 4.38. The van der Waals surface area contributed by atoms with Gasteiger partial charge < -0.3 is 9.55 Å². The Hall–Kier alpha value is -3.28. The van der Waals surface area contributed by atoms with Crippen molar-refractivity contribution < 1.29 is 13.2 Å². The average Bonchev–Trinajstić information content (AvgIpc) is 3.12. The van der Waals surface area contributed by atoms with Crippen LogP contribution in [0.15, 0.2) is 59.7 Å². The van der Waals surface area contributed by atoms with Crippen LogP contribution in [0.5, 0.6) is 0 Å². The highest BCUT2D eigenvalue weighted by Gasteiger charge is 2.17. The molecule has 2 aromatic heterocycles. The molecule has 0 fully saturated rings. The molecule has 0 bridgehead atoms. The zero-order valence-corrected chi connectivity index (χ0v) is 13.7. The maximum absolute atomic E-state index is 14.7. The second-order valence-electron chi connectivity index (χ2n) is 6.02. The van der Waals surface area contributed by atoms with Crippen LogP contribution in [0.1, 0.15) is 5.56 Å². The molecule has 0 saturated heterocycles. The van der Waals surface area contributed by atoms with Crippen LogP contribution in [0.4, 0.5) is 13.2 Å². The molecule has 2 aromatic carbocycles. The molecule has 0 aliphatic rings. The van der Waals surface area contributed by atoms with Gasteiger partial charge in [0.25, 0.3) is 0 Å². The summed E-state index contributed by atoms with van der Waals surface area (Å²) >= 11 is 0. The van der Waals surface area contributed by atoms with Crippen molar-refractivity contribution in [2.24, 2.45) is 0 Å². The van der Waals surface area contributed by atoms with E-state index in [1.54, 1.807) is 23.0 Å². The first-order chi connectivity index (χ1) is 12.5. The number of aromatic amines is 1. The normalized spacial score (nSPS) is 11.2. The molecule has 0 saturated carbocycles. The fraction of sp³-hybridized carbons (Fsp3) is 0.0500. The molecule has 0 aliphatic heterocycles.